The van der Waals surface area contributed by atoms with Gasteiger partial charge in [-0.2, -0.15) is 0 Å². The van der Waals surface area contributed by atoms with E-state index in [1.165, 1.54) is 6.07 Å². The molecule has 0 radical (unpaired) electrons. The van der Waals surface area contributed by atoms with E-state index < -0.39 is 11.7 Å². The summed E-state index contributed by atoms with van der Waals surface area (Å²) < 4.78 is 18.9. The Balaban J connectivity index is 1.96. The van der Waals surface area contributed by atoms with E-state index in [2.05, 4.69) is 10.3 Å². The van der Waals surface area contributed by atoms with Crippen molar-refractivity contribution in [2.75, 3.05) is 18.0 Å². The fourth-order valence-electron chi connectivity index (χ4n) is 2.47. The Labute approximate surface area is 130 Å². The number of nitrogens with zero attached hydrogens (tertiary/aromatic N) is 2. The number of hydrogen-bond acceptors (Lipinski definition) is 4. The van der Waals surface area contributed by atoms with Crippen molar-refractivity contribution in [3.8, 4) is 0 Å². The van der Waals surface area contributed by atoms with Gasteiger partial charge in [-0.1, -0.05) is 0 Å². The van der Waals surface area contributed by atoms with Gasteiger partial charge in [0, 0.05) is 25.2 Å². The summed E-state index contributed by atoms with van der Waals surface area (Å²) in [6, 6.07) is 1.49. The Morgan fingerprint density at radius 3 is 2.86 bits per heavy atom. The number of anilines is 1. The van der Waals surface area contributed by atoms with Gasteiger partial charge in [0.25, 0.3) is 0 Å². The van der Waals surface area contributed by atoms with E-state index in [1.54, 1.807) is 13.1 Å². The van der Waals surface area contributed by atoms with Crippen molar-refractivity contribution in [1.29, 1.82) is 0 Å². The fourth-order valence-corrected chi connectivity index (χ4v) is 2.47. The topological polar surface area (TPSA) is 54.5 Å². The molecule has 22 heavy (non-hydrogen) atoms. The Morgan fingerprint density at radius 1 is 1.50 bits per heavy atom. The first-order chi connectivity index (χ1) is 10.2. The fraction of sp³-hybridized carbons (Fsp3) is 0.625. The number of hydrogen-bond donors (Lipinski definition) is 1. The van der Waals surface area contributed by atoms with Crippen molar-refractivity contribution in [2.24, 2.45) is 0 Å². The number of rotatable bonds is 2. The molecule has 0 saturated carbocycles. The van der Waals surface area contributed by atoms with Crippen molar-refractivity contribution in [2.45, 2.75) is 52.2 Å². The summed E-state index contributed by atoms with van der Waals surface area (Å²) in [5, 5.41) is 2.88. The van der Waals surface area contributed by atoms with Crippen LogP contribution in [0, 0.1) is 12.7 Å². The summed E-state index contributed by atoms with van der Waals surface area (Å²) in [5.41, 5.74) is 0.630. The first-order valence-electron chi connectivity index (χ1n) is 7.61. The molecule has 1 aliphatic heterocycles. The monoisotopic (exact) mass is 309 g/mol. The van der Waals surface area contributed by atoms with Crippen LogP contribution in [0.2, 0.25) is 0 Å². The van der Waals surface area contributed by atoms with E-state index in [0.717, 1.165) is 25.1 Å². The van der Waals surface area contributed by atoms with Crippen LogP contribution >= 0.6 is 0 Å². The molecule has 2 heterocycles. The number of aryl methyl sites for hydroxylation is 1. The van der Waals surface area contributed by atoms with Crippen LogP contribution in [0.5, 0.6) is 0 Å². The lowest BCUT2D eigenvalue weighted by Crippen LogP contribution is -2.49. The lowest BCUT2D eigenvalue weighted by atomic mass is 10.1. The predicted molar refractivity (Wildman–Crippen MR) is 83.5 cm³/mol. The third-order valence-electron chi connectivity index (χ3n) is 3.52. The quantitative estimate of drug-likeness (QED) is 0.912. The summed E-state index contributed by atoms with van der Waals surface area (Å²) in [5.74, 6) is -0.306. The van der Waals surface area contributed by atoms with E-state index in [0.29, 0.717) is 12.2 Å². The second-order valence-corrected chi connectivity index (χ2v) is 6.69. The van der Waals surface area contributed by atoms with Crippen molar-refractivity contribution in [1.82, 2.24) is 10.3 Å². The summed E-state index contributed by atoms with van der Waals surface area (Å²) >= 11 is 0. The van der Waals surface area contributed by atoms with Gasteiger partial charge in [-0.3, -0.25) is 4.98 Å². The maximum absolute atomic E-state index is 13.6. The van der Waals surface area contributed by atoms with Crippen LogP contribution in [0.15, 0.2) is 12.3 Å². The largest absolute Gasteiger partial charge is 0.444 e. The highest BCUT2D eigenvalue weighted by Crippen LogP contribution is 2.21. The molecule has 1 fully saturated rings. The molecule has 0 bridgehead atoms. The molecule has 0 aromatic carbocycles. The molecule has 1 atom stereocenters. The summed E-state index contributed by atoms with van der Waals surface area (Å²) in [6.07, 6.45) is 3.08. The van der Waals surface area contributed by atoms with Gasteiger partial charge >= 0.3 is 6.09 Å². The van der Waals surface area contributed by atoms with Crippen LogP contribution in [0.1, 0.15) is 39.3 Å². The highest BCUT2D eigenvalue weighted by molar-refractivity contribution is 5.68. The smallest absolute Gasteiger partial charge is 0.407 e. The molecule has 1 aromatic rings. The Hall–Kier alpha value is -1.85. The van der Waals surface area contributed by atoms with Crippen molar-refractivity contribution in [3.63, 3.8) is 0 Å². The van der Waals surface area contributed by atoms with Gasteiger partial charge in [0.05, 0.1) is 17.6 Å². The molecule has 1 aliphatic rings. The SMILES string of the molecule is Cc1ncc(N2CCC[C@H](NC(=O)OC(C)(C)C)C2)cc1F. The lowest BCUT2D eigenvalue weighted by Gasteiger charge is -2.35. The Morgan fingerprint density at radius 2 is 2.23 bits per heavy atom. The van der Waals surface area contributed by atoms with Crippen molar-refractivity contribution >= 4 is 11.8 Å². The number of nitrogens with one attached hydrogen (secondary N) is 1. The van der Waals surface area contributed by atoms with E-state index in [-0.39, 0.29) is 11.9 Å². The number of amides is 1. The minimum atomic E-state index is -0.511. The second kappa shape index (κ2) is 6.50. The molecule has 0 aliphatic carbocycles. The van der Waals surface area contributed by atoms with Gasteiger partial charge in [0.1, 0.15) is 11.4 Å². The van der Waals surface area contributed by atoms with E-state index >= 15 is 0 Å². The number of carbonyl (C=O) groups is 1. The van der Waals surface area contributed by atoms with Crippen LogP contribution < -0.4 is 10.2 Å². The average Bonchev–Trinajstić information content (AvgIpc) is 2.40. The number of piperidine rings is 1. The first kappa shape index (κ1) is 16.5. The highest BCUT2D eigenvalue weighted by Gasteiger charge is 2.24. The molecule has 1 saturated heterocycles. The number of ether oxygens (including phenoxy) is 1. The first-order valence-corrected chi connectivity index (χ1v) is 7.61. The van der Waals surface area contributed by atoms with Gasteiger partial charge < -0.3 is 15.0 Å². The lowest BCUT2D eigenvalue weighted by molar-refractivity contribution is 0.0500. The zero-order valence-corrected chi connectivity index (χ0v) is 13.6. The number of aromatic nitrogens is 1. The molecular formula is C16H24FN3O2. The third kappa shape index (κ3) is 4.58. The van der Waals surface area contributed by atoms with Crippen LogP contribution in [0.4, 0.5) is 14.9 Å². The standard InChI is InChI=1S/C16H24FN3O2/c1-11-14(17)8-13(9-18-11)20-7-5-6-12(10-20)19-15(21)22-16(2,3)4/h8-9,12H,5-7,10H2,1-4H3,(H,19,21)/t12-/m0/s1. The number of carbonyl (C=O) groups excluding carboxylic acids is 1. The zero-order chi connectivity index (χ0) is 16.3. The Bertz CT molecular complexity index is 543. The van der Waals surface area contributed by atoms with Gasteiger partial charge in [-0.05, 0) is 40.5 Å². The molecule has 5 nitrogen and oxygen atoms in total. The number of halogens is 1. The molecule has 1 N–H and O–H groups in total. The van der Waals surface area contributed by atoms with E-state index in [1.807, 2.05) is 25.7 Å². The summed E-state index contributed by atoms with van der Waals surface area (Å²) in [7, 11) is 0. The zero-order valence-electron chi connectivity index (χ0n) is 13.6. The van der Waals surface area contributed by atoms with Crippen LogP contribution in [0.3, 0.4) is 0 Å². The maximum Gasteiger partial charge on any atom is 0.407 e. The number of alkyl carbamates (subject to hydrolysis) is 1. The summed E-state index contributed by atoms with van der Waals surface area (Å²) in [4.78, 5) is 17.9. The van der Waals surface area contributed by atoms with E-state index in [4.69, 9.17) is 4.74 Å². The van der Waals surface area contributed by atoms with Crippen LogP contribution in [-0.2, 0) is 4.74 Å². The van der Waals surface area contributed by atoms with Gasteiger partial charge in [-0.15, -0.1) is 0 Å². The van der Waals surface area contributed by atoms with Crippen LogP contribution in [0.25, 0.3) is 0 Å². The normalized spacial score (nSPS) is 19.0. The van der Waals surface area contributed by atoms with E-state index in [9.17, 15) is 9.18 Å². The molecule has 0 unspecified atom stereocenters. The van der Waals surface area contributed by atoms with Crippen molar-refractivity contribution in [3.05, 3.63) is 23.8 Å². The maximum atomic E-state index is 13.6. The average molecular weight is 309 g/mol. The Kier molecular flexibility index (Phi) is 4.88. The summed E-state index contributed by atoms with van der Waals surface area (Å²) in [6.45, 7) is 8.60. The molecule has 0 spiro atoms. The molecule has 1 aromatic heterocycles. The van der Waals surface area contributed by atoms with Gasteiger partial charge in [0.15, 0.2) is 0 Å². The van der Waals surface area contributed by atoms with Gasteiger partial charge in [-0.25, -0.2) is 9.18 Å². The second-order valence-electron chi connectivity index (χ2n) is 6.69. The molecule has 6 heteroatoms. The highest BCUT2D eigenvalue weighted by atomic mass is 19.1. The predicted octanol–water partition coefficient (Wildman–Crippen LogP) is 3.02. The molecule has 122 valence electrons. The third-order valence-corrected chi connectivity index (χ3v) is 3.52. The van der Waals surface area contributed by atoms with Crippen molar-refractivity contribution < 1.29 is 13.9 Å². The molecule has 1 amide bonds. The minimum absolute atomic E-state index is 0.00651. The van der Waals surface area contributed by atoms with Gasteiger partial charge in [0.2, 0.25) is 0 Å². The molecule has 2 rings (SSSR count). The minimum Gasteiger partial charge on any atom is -0.444 e. The van der Waals surface area contributed by atoms with Crippen LogP contribution in [-0.4, -0.2) is 35.8 Å². The molecular weight excluding hydrogens is 285 g/mol. The number of pyridine rings is 1.